The van der Waals surface area contributed by atoms with Gasteiger partial charge in [-0.25, -0.2) is 8.42 Å². The number of rotatable bonds is 7. The van der Waals surface area contributed by atoms with Crippen LogP contribution < -0.4 is 14.4 Å². The fourth-order valence-corrected chi connectivity index (χ4v) is 5.76. The van der Waals surface area contributed by atoms with Crippen LogP contribution in [0.5, 0.6) is 5.75 Å². The van der Waals surface area contributed by atoms with Crippen molar-refractivity contribution in [3.05, 3.63) is 83.9 Å². The summed E-state index contributed by atoms with van der Waals surface area (Å²) in [6, 6.07) is 21.4. The summed E-state index contributed by atoms with van der Waals surface area (Å²) < 4.78 is 33.0. The van der Waals surface area contributed by atoms with Crippen LogP contribution in [-0.2, 0) is 21.2 Å². The van der Waals surface area contributed by atoms with Crippen LogP contribution in [0.25, 0.3) is 0 Å². The molecule has 166 valence electrons. The van der Waals surface area contributed by atoms with Crippen LogP contribution in [0.4, 0.5) is 11.4 Å². The average molecular weight is 469 g/mol. The molecule has 3 aromatic rings. The van der Waals surface area contributed by atoms with E-state index in [2.05, 4.69) is 11.6 Å². The van der Waals surface area contributed by atoms with Gasteiger partial charge in [0, 0.05) is 11.4 Å². The molecule has 1 unspecified atom stereocenters. The minimum absolute atomic E-state index is 0.0635. The summed E-state index contributed by atoms with van der Waals surface area (Å²) >= 11 is 1.56. The minimum atomic E-state index is -3.71. The Hall–Kier alpha value is -2.97. The molecule has 8 heteroatoms. The molecule has 1 aliphatic heterocycles. The Morgan fingerprint density at radius 1 is 1.00 bits per heavy atom. The number of hydrogen-bond donors (Lipinski definition) is 1. The van der Waals surface area contributed by atoms with Gasteiger partial charge in [0.05, 0.1) is 17.8 Å². The molecule has 1 N–H and O–H groups in total. The van der Waals surface area contributed by atoms with Crippen LogP contribution in [-0.4, -0.2) is 27.2 Å². The van der Waals surface area contributed by atoms with E-state index >= 15 is 0 Å². The average Bonchev–Trinajstić information content (AvgIpc) is 3.20. The number of carbonyl (C=O) groups excluding carboxylic acids is 1. The second-order valence-corrected chi connectivity index (χ2v) is 10.1. The third kappa shape index (κ3) is 4.61. The molecule has 1 aliphatic rings. The first-order valence-corrected chi connectivity index (χ1v) is 12.7. The molecule has 0 saturated carbocycles. The molecule has 6 nitrogen and oxygen atoms in total. The summed E-state index contributed by atoms with van der Waals surface area (Å²) in [4.78, 5) is 14.5. The van der Waals surface area contributed by atoms with Crippen molar-refractivity contribution in [1.29, 1.82) is 0 Å². The third-order valence-corrected chi connectivity index (χ3v) is 7.92. The fourth-order valence-electron chi connectivity index (χ4n) is 3.53. The van der Waals surface area contributed by atoms with Crippen LogP contribution >= 0.6 is 11.8 Å². The van der Waals surface area contributed by atoms with Gasteiger partial charge in [0.2, 0.25) is 5.91 Å². The quantitative estimate of drug-likeness (QED) is 0.537. The topological polar surface area (TPSA) is 75.7 Å². The number of thioether (sulfide) groups is 1. The van der Waals surface area contributed by atoms with Crippen LogP contribution in [0.2, 0.25) is 0 Å². The number of nitrogens with one attached hydrogen (secondary N) is 1. The standard InChI is InChI=1S/C24H24N2O4S2/c1-3-17-4-10-20(11-5-17)26-23(27)16-31-24(26)18-6-8-19(9-7-18)25-32(28,29)22-14-12-21(30-2)13-15-22/h4-15,24-25H,3,16H2,1-2H3. The number of sulfonamides is 1. The summed E-state index contributed by atoms with van der Waals surface area (Å²) in [5.41, 5.74) is 3.48. The van der Waals surface area contributed by atoms with E-state index in [1.54, 1.807) is 40.9 Å². The first kappa shape index (κ1) is 22.2. The third-order valence-electron chi connectivity index (χ3n) is 5.31. The van der Waals surface area contributed by atoms with Gasteiger partial charge in [-0.3, -0.25) is 14.4 Å². The van der Waals surface area contributed by atoms with Crippen LogP contribution in [0.3, 0.4) is 0 Å². The number of carbonyl (C=O) groups is 1. The number of amides is 1. The number of nitrogens with zero attached hydrogens (tertiary/aromatic N) is 1. The van der Waals surface area contributed by atoms with E-state index < -0.39 is 10.0 Å². The SMILES string of the molecule is CCc1ccc(N2C(=O)CSC2c2ccc(NS(=O)(=O)c3ccc(OC)cc3)cc2)cc1. The van der Waals surface area contributed by atoms with Gasteiger partial charge < -0.3 is 4.74 Å². The lowest BCUT2D eigenvalue weighted by Crippen LogP contribution is -2.27. The number of methoxy groups -OCH3 is 1. The van der Waals surface area contributed by atoms with Gasteiger partial charge >= 0.3 is 0 Å². The normalized spacial score (nSPS) is 16.2. The highest BCUT2D eigenvalue weighted by Crippen LogP contribution is 2.42. The molecule has 3 aromatic carbocycles. The van der Waals surface area contributed by atoms with Gasteiger partial charge in [-0.2, -0.15) is 0 Å². The van der Waals surface area contributed by atoms with Crippen molar-refractivity contribution in [2.45, 2.75) is 23.6 Å². The number of hydrogen-bond acceptors (Lipinski definition) is 5. The molecule has 0 bridgehead atoms. The van der Waals surface area contributed by atoms with E-state index in [4.69, 9.17) is 4.74 Å². The first-order valence-electron chi connectivity index (χ1n) is 10.2. The number of anilines is 2. The Labute approximate surface area is 192 Å². The zero-order valence-electron chi connectivity index (χ0n) is 17.8. The van der Waals surface area contributed by atoms with Gasteiger partial charge in [0.25, 0.3) is 10.0 Å². The molecule has 1 saturated heterocycles. The monoisotopic (exact) mass is 468 g/mol. The van der Waals surface area contributed by atoms with Crippen molar-refractivity contribution in [1.82, 2.24) is 0 Å². The molecule has 0 radical (unpaired) electrons. The zero-order chi connectivity index (χ0) is 22.7. The highest BCUT2D eigenvalue weighted by Gasteiger charge is 2.34. The van der Waals surface area contributed by atoms with E-state index in [-0.39, 0.29) is 16.2 Å². The van der Waals surface area contributed by atoms with Crippen LogP contribution in [0, 0.1) is 0 Å². The summed E-state index contributed by atoms with van der Waals surface area (Å²) in [5.74, 6) is 1.06. The summed E-state index contributed by atoms with van der Waals surface area (Å²) in [7, 11) is -2.19. The molecule has 1 fully saturated rings. The van der Waals surface area contributed by atoms with Crippen molar-refractivity contribution in [2.24, 2.45) is 0 Å². The van der Waals surface area contributed by atoms with Crippen molar-refractivity contribution in [3.63, 3.8) is 0 Å². The van der Waals surface area contributed by atoms with Crippen LogP contribution in [0.15, 0.2) is 77.7 Å². The van der Waals surface area contributed by atoms with Crippen molar-refractivity contribution in [2.75, 3.05) is 22.5 Å². The predicted molar refractivity (Wildman–Crippen MR) is 129 cm³/mol. The maximum Gasteiger partial charge on any atom is 0.261 e. The lowest BCUT2D eigenvalue weighted by Gasteiger charge is -2.24. The van der Waals surface area contributed by atoms with E-state index in [1.165, 1.54) is 24.8 Å². The smallest absolute Gasteiger partial charge is 0.261 e. The molecular formula is C24H24N2O4S2. The Morgan fingerprint density at radius 2 is 1.66 bits per heavy atom. The Morgan fingerprint density at radius 3 is 2.25 bits per heavy atom. The Balaban J connectivity index is 1.52. The second-order valence-electron chi connectivity index (χ2n) is 7.35. The molecule has 32 heavy (non-hydrogen) atoms. The Kier molecular flexibility index (Phi) is 6.43. The van der Waals surface area contributed by atoms with Gasteiger partial charge in [-0.15, -0.1) is 11.8 Å². The van der Waals surface area contributed by atoms with Gasteiger partial charge in [0.15, 0.2) is 0 Å². The van der Waals surface area contributed by atoms with E-state index in [0.717, 1.165) is 17.7 Å². The molecular weight excluding hydrogens is 444 g/mol. The highest BCUT2D eigenvalue weighted by molar-refractivity contribution is 8.00. The predicted octanol–water partition coefficient (Wildman–Crippen LogP) is 4.84. The minimum Gasteiger partial charge on any atom is -0.497 e. The molecule has 0 aliphatic carbocycles. The van der Waals surface area contributed by atoms with E-state index in [1.807, 2.05) is 36.4 Å². The molecule has 1 atom stereocenters. The lowest BCUT2D eigenvalue weighted by atomic mass is 10.1. The van der Waals surface area contributed by atoms with Gasteiger partial charge in [-0.1, -0.05) is 31.2 Å². The van der Waals surface area contributed by atoms with Crippen molar-refractivity contribution < 1.29 is 17.9 Å². The largest absolute Gasteiger partial charge is 0.497 e. The lowest BCUT2D eigenvalue weighted by molar-refractivity contribution is -0.115. The summed E-state index contributed by atoms with van der Waals surface area (Å²) in [5, 5.41) is -0.151. The number of aryl methyl sites for hydroxylation is 1. The van der Waals surface area contributed by atoms with Crippen molar-refractivity contribution in [3.8, 4) is 5.75 Å². The molecule has 4 rings (SSSR count). The Bertz CT molecular complexity index is 1190. The molecule has 1 heterocycles. The maximum atomic E-state index is 12.7. The van der Waals surface area contributed by atoms with Gasteiger partial charge in [-0.05, 0) is 66.1 Å². The van der Waals surface area contributed by atoms with Gasteiger partial charge in [0.1, 0.15) is 11.1 Å². The first-order chi connectivity index (χ1) is 15.4. The van der Waals surface area contributed by atoms with Crippen LogP contribution in [0.1, 0.15) is 23.4 Å². The van der Waals surface area contributed by atoms with E-state index in [9.17, 15) is 13.2 Å². The fraction of sp³-hybridized carbons (Fsp3) is 0.208. The molecule has 0 spiro atoms. The molecule has 1 amide bonds. The summed E-state index contributed by atoms with van der Waals surface area (Å²) in [6.07, 6.45) is 0.945. The highest BCUT2D eigenvalue weighted by atomic mass is 32.2. The maximum absolute atomic E-state index is 12.7. The summed E-state index contributed by atoms with van der Waals surface area (Å²) in [6.45, 7) is 2.10. The number of ether oxygens (including phenoxy) is 1. The van der Waals surface area contributed by atoms with E-state index in [0.29, 0.717) is 17.2 Å². The van der Waals surface area contributed by atoms with Crippen molar-refractivity contribution >= 4 is 39.1 Å². The second kappa shape index (κ2) is 9.26. The number of benzene rings is 3. The molecule has 0 aromatic heterocycles. The zero-order valence-corrected chi connectivity index (χ0v) is 19.4.